The molecular formula is C13H24N4OS. The molecule has 0 aliphatic heterocycles. The molecule has 1 rings (SSSR count). The minimum Gasteiger partial charge on any atom is -0.382 e. The number of rotatable bonds is 7. The topological polar surface area (TPSA) is 71.2 Å². The van der Waals surface area contributed by atoms with Crippen LogP contribution in [0.4, 0.5) is 10.9 Å². The summed E-state index contributed by atoms with van der Waals surface area (Å²) in [6, 6.07) is 0.168. The van der Waals surface area contributed by atoms with Gasteiger partial charge in [0.1, 0.15) is 10.7 Å². The molecule has 1 aromatic rings. The van der Waals surface area contributed by atoms with Crippen LogP contribution in [-0.4, -0.2) is 34.9 Å². The monoisotopic (exact) mass is 284 g/mol. The molecule has 1 heterocycles. The molecule has 0 radical (unpaired) electrons. The van der Waals surface area contributed by atoms with E-state index < -0.39 is 0 Å². The van der Waals surface area contributed by atoms with Gasteiger partial charge in [-0.2, -0.15) is 0 Å². The van der Waals surface area contributed by atoms with E-state index >= 15 is 0 Å². The Morgan fingerprint density at radius 2 is 2.11 bits per heavy atom. The lowest BCUT2D eigenvalue weighted by Crippen LogP contribution is -2.37. The van der Waals surface area contributed by atoms with Crippen LogP contribution in [0.1, 0.15) is 50.2 Å². The zero-order valence-corrected chi connectivity index (χ0v) is 13.0. The summed E-state index contributed by atoms with van der Waals surface area (Å²) in [5.74, 6) is 0.312. The van der Waals surface area contributed by atoms with Crippen LogP contribution in [0.25, 0.3) is 0 Å². The summed E-state index contributed by atoms with van der Waals surface area (Å²) in [6.07, 6.45) is 1.94. The fourth-order valence-electron chi connectivity index (χ4n) is 1.76. The van der Waals surface area contributed by atoms with Crippen LogP contribution >= 0.6 is 11.3 Å². The van der Waals surface area contributed by atoms with Crippen LogP contribution in [-0.2, 0) is 0 Å². The average molecular weight is 284 g/mol. The molecule has 0 spiro atoms. The van der Waals surface area contributed by atoms with Gasteiger partial charge in [-0.3, -0.25) is 4.79 Å². The molecule has 1 aromatic heterocycles. The van der Waals surface area contributed by atoms with Gasteiger partial charge in [0.2, 0.25) is 0 Å². The minimum absolute atomic E-state index is 0.0172. The summed E-state index contributed by atoms with van der Waals surface area (Å²) in [4.78, 5) is 19.1. The number of anilines is 2. The summed E-state index contributed by atoms with van der Waals surface area (Å²) >= 11 is 1.34. The molecule has 0 atom stereocenters. The van der Waals surface area contributed by atoms with Crippen molar-refractivity contribution < 1.29 is 4.79 Å². The third-order valence-corrected chi connectivity index (χ3v) is 3.74. The number of nitrogens with one attached hydrogen (secondary N) is 1. The lowest BCUT2D eigenvalue weighted by Gasteiger charge is -2.25. The van der Waals surface area contributed by atoms with Crippen LogP contribution in [0.3, 0.4) is 0 Å². The summed E-state index contributed by atoms with van der Waals surface area (Å²) in [7, 11) is 0. The van der Waals surface area contributed by atoms with E-state index in [1.165, 1.54) is 11.3 Å². The molecule has 5 nitrogen and oxygen atoms in total. The highest BCUT2D eigenvalue weighted by molar-refractivity contribution is 7.18. The molecule has 0 fully saturated rings. The Balaban J connectivity index is 2.88. The van der Waals surface area contributed by atoms with E-state index in [9.17, 15) is 4.79 Å². The molecule has 3 N–H and O–H groups in total. The van der Waals surface area contributed by atoms with Gasteiger partial charge in [0, 0.05) is 19.1 Å². The maximum Gasteiger partial charge on any atom is 0.268 e. The van der Waals surface area contributed by atoms with Crippen LogP contribution in [0.15, 0.2) is 0 Å². The van der Waals surface area contributed by atoms with Gasteiger partial charge in [-0.05, 0) is 26.7 Å². The largest absolute Gasteiger partial charge is 0.382 e. The summed E-state index contributed by atoms with van der Waals surface area (Å²) in [6.45, 7) is 9.75. The molecule has 0 saturated carbocycles. The first-order valence-electron chi connectivity index (χ1n) is 6.82. The first kappa shape index (κ1) is 15.8. The Bertz CT molecular complexity index is 417. The van der Waals surface area contributed by atoms with E-state index in [0.717, 1.165) is 31.1 Å². The lowest BCUT2D eigenvalue weighted by atomic mass is 10.2. The predicted octanol–water partition coefficient (Wildman–Crippen LogP) is 2.81. The van der Waals surface area contributed by atoms with E-state index in [4.69, 9.17) is 5.73 Å². The second-order valence-corrected chi connectivity index (χ2v) is 5.75. The molecule has 0 bridgehead atoms. The Labute approximate surface area is 119 Å². The highest BCUT2D eigenvalue weighted by atomic mass is 32.1. The average Bonchev–Trinajstić information content (AvgIpc) is 2.73. The summed E-state index contributed by atoms with van der Waals surface area (Å²) in [5, 5.41) is 3.89. The van der Waals surface area contributed by atoms with Crippen molar-refractivity contribution in [3.63, 3.8) is 0 Å². The van der Waals surface area contributed by atoms with E-state index in [-0.39, 0.29) is 11.9 Å². The Hall–Kier alpha value is -1.30. The second kappa shape index (κ2) is 7.33. The quantitative estimate of drug-likeness (QED) is 0.807. The number of hydrogen-bond donors (Lipinski definition) is 2. The van der Waals surface area contributed by atoms with Crippen LogP contribution in [0.2, 0.25) is 0 Å². The van der Waals surface area contributed by atoms with E-state index in [2.05, 4.69) is 24.1 Å². The molecule has 0 saturated heterocycles. The smallest absolute Gasteiger partial charge is 0.268 e. The number of nitrogens with zero attached hydrogens (tertiary/aromatic N) is 2. The van der Waals surface area contributed by atoms with Crippen LogP contribution in [0.5, 0.6) is 0 Å². The minimum atomic E-state index is -0.0172. The molecule has 0 aliphatic rings. The van der Waals surface area contributed by atoms with Gasteiger partial charge in [-0.25, -0.2) is 4.98 Å². The second-order valence-electron chi connectivity index (χ2n) is 4.75. The molecule has 6 heteroatoms. The Morgan fingerprint density at radius 3 is 2.63 bits per heavy atom. The van der Waals surface area contributed by atoms with E-state index in [1.54, 1.807) is 0 Å². The van der Waals surface area contributed by atoms with Crippen molar-refractivity contribution in [1.29, 1.82) is 0 Å². The number of aromatic nitrogens is 1. The number of hydrogen-bond acceptors (Lipinski definition) is 5. The Morgan fingerprint density at radius 1 is 1.42 bits per heavy atom. The zero-order valence-electron chi connectivity index (χ0n) is 12.2. The van der Waals surface area contributed by atoms with Gasteiger partial charge in [-0.15, -0.1) is 0 Å². The lowest BCUT2D eigenvalue weighted by molar-refractivity contribution is 0.0712. The highest BCUT2D eigenvalue weighted by Crippen LogP contribution is 2.27. The fourth-order valence-corrected chi connectivity index (χ4v) is 2.62. The van der Waals surface area contributed by atoms with Crippen LogP contribution in [0, 0.1) is 0 Å². The Kier molecular flexibility index (Phi) is 6.08. The van der Waals surface area contributed by atoms with Crippen molar-refractivity contribution in [3.8, 4) is 0 Å². The van der Waals surface area contributed by atoms with Gasteiger partial charge in [0.05, 0.1) is 0 Å². The van der Waals surface area contributed by atoms with Gasteiger partial charge < -0.3 is 16.0 Å². The molecule has 0 aliphatic carbocycles. The molecule has 0 aromatic carbocycles. The van der Waals surface area contributed by atoms with Gasteiger partial charge >= 0.3 is 0 Å². The number of amides is 1. The number of carbonyl (C=O) groups excluding carboxylic acids is 1. The first-order chi connectivity index (χ1) is 9.01. The van der Waals surface area contributed by atoms with Crippen molar-refractivity contribution in [1.82, 2.24) is 9.88 Å². The summed E-state index contributed by atoms with van der Waals surface area (Å²) < 4.78 is 0. The maximum atomic E-state index is 12.5. The standard InChI is InChI=1S/C13H24N4OS/c1-5-7-15-13-16-11(14)10(19-13)12(18)17(8-6-2)9(3)4/h9H,5-8,14H2,1-4H3,(H,15,16). The van der Waals surface area contributed by atoms with Gasteiger partial charge in [0.25, 0.3) is 5.91 Å². The molecule has 0 unspecified atom stereocenters. The zero-order chi connectivity index (χ0) is 14.4. The number of nitrogen functional groups attached to an aromatic ring is 1. The number of carbonyl (C=O) groups is 1. The molecule has 19 heavy (non-hydrogen) atoms. The molecular weight excluding hydrogens is 260 g/mol. The van der Waals surface area contributed by atoms with Crippen molar-refractivity contribution in [2.75, 3.05) is 24.1 Å². The first-order valence-corrected chi connectivity index (χ1v) is 7.64. The normalized spacial score (nSPS) is 10.8. The van der Waals surface area contributed by atoms with Crippen molar-refractivity contribution >= 4 is 28.2 Å². The van der Waals surface area contributed by atoms with Crippen molar-refractivity contribution in [3.05, 3.63) is 4.88 Å². The van der Waals surface area contributed by atoms with E-state index in [1.807, 2.05) is 18.7 Å². The van der Waals surface area contributed by atoms with Crippen molar-refractivity contribution in [2.24, 2.45) is 0 Å². The molecule has 108 valence electrons. The number of nitrogens with two attached hydrogens (primary N) is 1. The third kappa shape index (κ3) is 4.09. The van der Waals surface area contributed by atoms with Crippen molar-refractivity contribution in [2.45, 2.75) is 46.6 Å². The van der Waals surface area contributed by atoms with Gasteiger partial charge in [-0.1, -0.05) is 25.2 Å². The SMILES string of the molecule is CCCNc1nc(N)c(C(=O)N(CCC)C(C)C)s1. The van der Waals surface area contributed by atoms with Crippen LogP contribution < -0.4 is 11.1 Å². The molecule has 1 amide bonds. The highest BCUT2D eigenvalue weighted by Gasteiger charge is 2.23. The summed E-state index contributed by atoms with van der Waals surface area (Å²) in [5.41, 5.74) is 5.86. The fraction of sp³-hybridized carbons (Fsp3) is 0.692. The third-order valence-electron chi connectivity index (χ3n) is 2.72. The maximum absolute atomic E-state index is 12.5. The van der Waals surface area contributed by atoms with E-state index in [0.29, 0.717) is 10.7 Å². The predicted molar refractivity (Wildman–Crippen MR) is 81.8 cm³/mol. The van der Waals surface area contributed by atoms with Gasteiger partial charge in [0.15, 0.2) is 5.13 Å². The number of thiazole rings is 1.